The van der Waals surface area contributed by atoms with Gasteiger partial charge in [-0.15, -0.1) is 0 Å². The summed E-state index contributed by atoms with van der Waals surface area (Å²) in [5.74, 6) is 0. The third-order valence-electron chi connectivity index (χ3n) is 0. The molecule has 6 N–H and O–H groups in total. The smallest absolute Gasteiger partial charge is 0.726 e. The molecular weight excluding hydrogens is 209 g/mol. The van der Waals surface area contributed by atoms with Crippen molar-refractivity contribution in [2.24, 2.45) is 0 Å². The van der Waals surface area contributed by atoms with E-state index in [9.17, 15) is 0 Å². The molecule has 0 aromatic rings. The molecule has 0 fully saturated rings. The molecule has 0 aliphatic heterocycles. The second-order valence-corrected chi connectivity index (χ2v) is 1.55. The topological polar surface area (TPSA) is 174 Å². The SMILES string of the molecule is O=C([O-])O.O=S(=O)([O-])O.[K+].[NH4+]. The van der Waals surface area contributed by atoms with E-state index in [0.29, 0.717) is 0 Å². The van der Waals surface area contributed by atoms with E-state index in [-0.39, 0.29) is 57.5 Å². The molecule has 0 atom stereocenters. The van der Waals surface area contributed by atoms with Gasteiger partial charge in [-0.2, -0.15) is 0 Å². The Morgan fingerprint density at radius 3 is 1.36 bits per heavy atom. The van der Waals surface area contributed by atoms with Crippen LogP contribution in [-0.4, -0.2) is 28.8 Å². The predicted molar refractivity (Wildman–Crippen MR) is 26.3 cm³/mol. The summed E-state index contributed by atoms with van der Waals surface area (Å²) >= 11 is 0. The molecule has 0 heterocycles. The third kappa shape index (κ3) is 1510. The average Bonchev–Trinajstić information content (AvgIpc) is 1.19. The molecular formula is CH6KNO7S. The molecule has 0 saturated heterocycles. The minimum atomic E-state index is -4.92. The van der Waals surface area contributed by atoms with Crippen molar-refractivity contribution in [2.45, 2.75) is 0 Å². The van der Waals surface area contributed by atoms with Crippen molar-refractivity contribution in [3.05, 3.63) is 0 Å². The quantitative estimate of drug-likeness (QED) is 0.206. The first-order valence-electron chi connectivity index (χ1n) is 1.31. The van der Waals surface area contributed by atoms with Crippen LogP contribution < -0.4 is 62.6 Å². The molecule has 0 spiro atoms. The molecule has 0 bridgehead atoms. The van der Waals surface area contributed by atoms with Crippen molar-refractivity contribution in [3.8, 4) is 0 Å². The van der Waals surface area contributed by atoms with E-state index < -0.39 is 16.6 Å². The fourth-order valence-electron chi connectivity index (χ4n) is 0. The van der Waals surface area contributed by atoms with E-state index in [0.717, 1.165) is 0 Å². The summed E-state index contributed by atoms with van der Waals surface area (Å²) in [4.78, 5) is 8.44. The van der Waals surface area contributed by atoms with Crippen LogP contribution in [0.5, 0.6) is 0 Å². The molecule has 0 aliphatic rings. The maximum absolute atomic E-state index is 8.63. The van der Waals surface area contributed by atoms with Gasteiger partial charge in [-0.25, -0.2) is 8.42 Å². The van der Waals surface area contributed by atoms with Crippen LogP contribution in [0.2, 0.25) is 0 Å². The summed E-state index contributed by atoms with van der Waals surface area (Å²) in [5.41, 5.74) is 0. The first-order chi connectivity index (χ1) is 3.73. The van der Waals surface area contributed by atoms with Gasteiger partial charge in [0.2, 0.25) is 16.6 Å². The van der Waals surface area contributed by atoms with Gasteiger partial charge in [0.05, 0.1) is 0 Å². The van der Waals surface area contributed by atoms with Gasteiger partial charge < -0.3 is 25.7 Å². The Bertz CT molecular complexity index is 161. The standard InChI is InChI=1S/CH2O3.K.H3N.H2O4S/c2-1(3)4;;;1-5(2,3)4/h(H2,2,3,4);;1H3;(H2,1,2,3,4)/q;+1;;/p-1. The van der Waals surface area contributed by atoms with Gasteiger partial charge in [0.15, 0.2) is 0 Å². The third-order valence-corrected chi connectivity index (χ3v) is 0. The molecule has 0 aliphatic carbocycles. The van der Waals surface area contributed by atoms with Crippen molar-refractivity contribution in [1.82, 2.24) is 6.15 Å². The maximum atomic E-state index is 8.63. The van der Waals surface area contributed by atoms with E-state index in [1.54, 1.807) is 0 Å². The van der Waals surface area contributed by atoms with Crippen molar-refractivity contribution < 1.29 is 83.9 Å². The Kier molecular flexibility index (Phi) is 22.1. The maximum Gasteiger partial charge on any atom is 1.00 e. The monoisotopic (exact) mass is 215 g/mol. The summed E-state index contributed by atoms with van der Waals surface area (Å²) in [7, 11) is -4.92. The zero-order chi connectivity index (χ0) is 8.08. The first kappa shape index (κ1) is 22.6. The number of rotatable bonds is 0. The number of carbonyl (C=O) groups is 1. The molecule has 0 amide bonds. The van der Waals surface area contributed by atoms with Gasteiger partial charge in [-0.05, 0) is 0 Å². The van der Waals surface area contributed by atoms with E-state index in [2.05, 4.69) is 0 Å². The number of carboxylic acid groups (broad SMARTS) is 2. The molecule has 0 saturated carbocycles. The van der Waals surface area contributed by atoms with E-state index in [1.807, 2.05) is 0 Å². The van der Waals surface area contributed by atoms with Gasteiger partial charge in [-0.1, -0.05) is 0 Å². The number of quaternary nitrogens is 1. The summed E-state index contributed by atoms with van der Waals surface area (Å²) in [6, 6.07) is 0. The van der Waals surface area contributed by atoms with Gasteiger partial charge >= 0.3 is 51.4 Å². The Morgan fingerprint density at radius 2 is 1.36 bits per heavy atom. The minimum absolute atomic E-state index is 0. The first-order valence-corrected chi connectivity index (χ1v) is 2.68. The van der Waals surface area contributed by atoms with E-state index in [4.69, 9.17) is 32.5 Å². The van der Waals surface area contributed by atoms with Gasteiger partial charge in [0.1, 0.15) is 0 Å². The van der Waals surface area contributed by atoms with Gasteiger partial charge in [0.25, 0.3) is 0 Å². The minimum Gasteiger partial charge on any atom is -0.726 e. The molecule has 64 valence electrons. The Hall–Kier alpha value is 0.736. The molecule has 10 heteroatoms. The Balaban J connectivity index is -0.0000000383. The second kappa shape index (κ2) is 10.7. The normalized spacial score (nSPS) is 7.45. The van der Waals surface area contributed by atoms with Crippen molar-refractivity contribution in [3.63, 3.8) is 0 Å². The summed E-state index contributed by atoms with van der Waals surface area (Å²) in [6.07, 6.45) is -2.08. The van der Waals surface area contributed by atoms with Crippen LogP contribution in [0.1, 0.15) is 0 Å². The zero-order valence-electron chi connectivity index (χ0n) is 5.84. The summed E-state index contributed by atoms with van der Waals surface area (Å²) in [5, 5.41) is 15.3. The van der Waals surface area contributed by atoms with Crippen molar-refractivity contribution in [2.75, 3.05) is 0 Å². The van der Waals surface area contributed by atoms with E-state index >= 15 is 0 Å². The number of hydrogen-bond acceptors (Lipinski definition) is 5. The molecule has 0 radical (unpaired) electrons. The van der Waals surface area contributed by atoms with E-state index in [1.165, 1.54) is 0 Å². The molecule has 8 nitrogen and oxygen atoms in total. The Labute approximate surface area is 105 Å². The fraction of sp³-hybridized carbons (Fsp3) is 0. The van der Waals surface area contributed by atoms with Crippen LogP contribution in [-0.2, 0) is 10.4 Å². The van der Waals surface area contributed by atoms with Crippen molar-refractivity contribution in [1.29, 1.82) is 0 Å². The van der Waals surface area contributed by atoms with Gasteiger partial charge in [0, 0.05) is 0 Å². The molecule has 11 heavy (non-hydrogen) atoms. The summed E-state index contributed by atoms with van der Waals surface area (Å²) in [6.45, 7) is 0. The van der Waals surface area contributed by atoms with Crippen LogP contribution >= 0.6 is 0 Å². The Morgan fingerprint density at radius 1 is 1.36 bits per heavy atom. The number of hydrogen-bond donors (Lipinski definition) is 3. The second-order valence-electron chi connectivity index (χ2n) is 0.694. The fourth-order valence-corrected chi connectivity index (χ4v) is 0. The van der Waals surface area contributed by atoms with Crippen LogP contribution in [0, 0.1) is 0 Å². The zero-order valence-corrected chi connectivity index (χ0v) is 9.78. The largest absolute Gasteiger partial charge is 1.00 e. The van der Waals surface area contributed by atoms with Crippen LogP contribution in [0.3, 0.4) is 0 Å². The average molecular weight is 215 g/mol. The predicted octanol–water partition coefficient (Wildman–Crippen LogP) is -4.73. The van der Waals surface area contributed by atoms with Crippen LogP contribution in [0.15, 0.2) is 0 Å². The molecule has 0 rings (SSSR count). The molecule has 0 aromatic carbocycles. The van der Waals surface area contributed by atoms with Crippen LogP contribution in [0.25, 0.3) is 0 Å². The molecule has 0 aromatic heterocycles. The summed E-state index contributed by atoms with van der Waals surface area (Å²) < 4.78 is 32.8. The van der Waals surface area contributed by atoms with Gasteiger partial charge in [-0.3, -0.25) is 4.55 Å². The molecule has 0 unspecified atom stereocenters. The van der Waals surface area contributed by atoms with Crippen molar-refractivity contribution >= 4 is 16.6 Å². The van der Waals surface area contributed by atoms with Crippen LogP contribution in [0.4, 0.5) is 4.79 Å².